The summed E-state index contributed by atoms with van der Waals surface area (Å²) in [5, 5.41) is 7.68. The monoisotopic (exact) mass is 311 g/mol. The molecule has 1 aromatic heterocycles. The van der Waals surface area contributed by atoms with Gasteiger partial charge in [-0.1, -0.05) is 29.3 Å². The van der Waals surface area contributed by atoms with E-state index in [4.69, 9.17) is 35.4 Å². The third-order valence-corrected chi connectivity index (χ3v) is 2.96. The first-order chi connectivity index (χ1) is 9.13. The van der Waals surface area contributed by atoms with E-state index in [9.17, 15) is 0 Å². The third-order valence-electron chi connectivity index (χ3n) is 2.28. The Kier molecular flexibility index (Phi) is 4.96. The van der Waals surface area contributed by atoms with Gasteiger partial charge in [0.15, 0.2) is 5.11 Å². The average Bonchev–Trinajstić information content (AvgIpc) is 2.36. The lowest BCUT2D eigenvalue weighted by Crippen LogP contribution is -2.28. The second kappa shape index (κ2) is 6.70. The number of pyridine rings is 1. The van der Waals surface area contributed by atoms with Crippen molar-refractivity contribution in [3.63, 3.8) is 0 Å². The molecule has 0 radical (unpaired) electrons. The molecule has 0 aliphatic rings. The van der Waals surface area contributed by atoms with Crippen molar-refractivity contribution in [2.75, 3.05) is 5.32 Å². The van der Waals surface area contributed by atoms with E-state index in [0.29, 0.717) is 21.7 Å². The van der Waals surface area contributed by atoms with Gasteiger partial charge in [0.25, 0.3) is 0 Å². The number of anilines is 1. The van der Waals surface area contributed by atoms with Crippen molar-refractivity contribution in [2.24, 2.45) is 0 Å². The zero-order valence-electron chi connectivity index (χ0n) is 9.86. The van der Waals surface area contributed by atoms with Gasteiger partial charge in [-0.3, -0.25) is 4.98 Å². The summed E-state index contributed by atoms with van der Waals surface area (Å²) in [6.07, 6.45) is 1.74. The number of nitrogens with zero attached hydrogens (tertiary/aromatic N) is 1. The SMILES string of the molecule is S=C(NCc1ccccn1)Nc1cc(Cl)cc(Cl)c1. The predicted molar refractivity (Wildman–Crippen MR) is 83.8 cm³/mol. The van der Waals surface area contributed by atoms with E-state index in [0.717, 1.165) is 11.4 Å². The average molecular weight is 312 g/mol. The Hall–Kier alpha value is -1.36. The van der Waals surface area contributed by atoms with E-state index in [1.807, 2.05) is 18.2 Å². The lowest BCUT2D eigenvalue weighted by atomic mass is 10.3. The van der Waals surface area contributed by atoms with Gasteiger partial charge in [-0.05, 0) is 42.5 Å². The summed E-state index contributed by atoms with van der Waals surface area (Å²) in [6.45, 7) is 0.557. The van der Waals surface area contributed by atoms with Crippen LogP contribution in [0.4, 0.5) is 5.69 Å². The Morgan fingerprint density at radius 1 is 1.16 bits per heavy atom. The molecule has 2 aromatic rings. The fourth-order valence-corrected chi connectivity index (χ4v) is 2.19. The number of aromatic nitrogens is 1. The summed E-state index contributed by atoms with van der Waals surface area (Å²) in [4.78, 5) is 4.19. The molecule has 19 heavy (non-hydrogen) atoms. The van der Waals surface area contributed by atoms with Crippen LogP contribution < -0.4 is 10.6 Å². The van der Waals surface area contributed by atoms with Crippen molar-refractivity contribution in [1.82, 2.24) is 10.3 Å². The van der Waals surface area contributed by atoms with Gasteiger partial charge in [0.05, 0.1) is 12.2 Å². The van der Waals surface area contributed by atoms with E-state index in [1.54, 1.807) is 24.4 Å². The number of rotatable bonds is 3. The van der Waals surface area contributed by atoms with Gasteiger partial charge < -0.3 is 10.6 Å². The molecule has 0 saturated heterocycles. The molecular weight excluding hydrogens is 301 g/mol. The Morgan fingerprint density at radius 2 is 1.89 bits per heavy atom. The van der Waals surface area contributed by atoms with Crippen LogP contribution in [0, 0.1) is 0 Å². The summed E-state index contributed by atoms with van der Waals surface area (Å²) < 4.78 is 0. The van der Waals surface area contributed by atoms with Gasteiger partial charge in [-0.25, -0.2) is 0 Å². The van der Waals surface area contributed by atoms with Gasteiger partial charge in [0, 0.05) is 21.9 Å². The van der Waals surface area contributed by atoms with E-state index in [2.05, 4.69) is 15.6 Å². The molecule has 0 unspecified atom stereocenters. The molecular formula is C13H11Cl2N3S. The molecule has 0 aliphatic heterocycles. The van der Waals surface area contributed by atoms with Crippen LogP contribution in [0.5, 0.6) is 0 Å². The van der Waals surface area contributed by atoms with Crippen molar-refractivity contribution in [3.8, 4) is 0 Å². The Morgan fingerprint density at radius 3 is 2.53 bits per heavy atom. The largest absolute Gasteiger partial charge is 0.357 e. The third kappa shape index (κ3) is 4.67. The maximum absolute atomic E-state index is 5.91. The summed E-state index contributed by atoms with van der Waals surface area (Å²) in [5.41, 5.74) is 1.66. The first-order valence-electron chi connectivity index (χ1n) is 5.54. The standard InChI is InChI=1S/C13H11Cl2N3S/c14-9-5-10(15)7-12(6-9)18-13(19)17-8-11-3-1-2-4-16-11/h1-7H,8H2,(H2,17,18,19). The van der Waals surface area contributed by atoms with Crippen LogP contribution in [0.3, 0.4) is 0 Å². The topological polar surface area (TPSA) is 37.0 Å². The lowest BCUT2D eigenvalue weighted by Gasteiger charge is -2.10. The van der Waals surface area contributed by atoms with Gasteiger partial charge in [-0.15, -0.1) is 0 Å². The van der Waals surface area contributed by atoms with E-state index < -0.39 is 0 Å². The quantitative estimate of drug-likeness (QED) is 0.844. The molecule has 0 aliphatic carbocycles. The molecule has 6 heteroatoms. The first kappa shape index (κ1) is 14.1. The Balaban J connectivity index is 1.91. The van der Waals surface area contributed by atoms with Crippen molar-refractivity contribution in [3.05, 3.63) is 58.3 Å². The van der Waals surface area contributed by atoms with Crippen LogP contribution in [0.15, 0.2) is 42.6 Å². The summed E-state index contributed by atoms with van der Waals surface area (Å²) in [5.74, 6) is 0. The van der Waals surface area contributed by atoms with Gasteiger partial charge in [0.1, 0.15) is 0 Å². The Bertz CT molecular complexity index is 555. The van der Waals surface area contributed by atoms with Crippen LogP contribution >= 0.6 is 35.4 Å². The second-order valence-electron chi connectivity index (χ2n) is 3.79. The van der Waals surface area contributed by atoms with Crippen molar-refractivity contribution >= 4 is 46.2 Å². The first-order valence-corrected chi connectivity index (χ1v) is 6.71. The number of hydrogen-bond acceptors (Lipinski definition) is 2. The van der Waals surface area contributed by atoms with Crippen molar-refractivity contribution in [2.45, 2.75) is 6.54 Å². The summed E-state index contributed by atoms with van der Waals surface area (Å²) in [6, 6.07) is 10.9. The van der Waals surface area contributed by atoms with E-state index in [1.165, 1.54) is 0 Å². The number of nitrogens with one attached hydrogen (secondary N) is 2. The van der Waals surface area contributed by atoms with Gasteiger partial charge in [-0.2, -0.15) is 0 Å². The van der Waals surface area contributed by atoms with Gasteiger partial charge >= 0.3 is 0 Å². The van der Waals surface area contributed by atoms with E-state index >= 15 is 0 Å². The minimum Gasteiger partial charge on any atom is -0.357 e. The molecule has 98 valence electrons. The Labute approximate surface area is 127 Å². The van der Waals surface area contributed by atoms with E-state index in [-0.39, 0.29) is 0 Å². The van der Waals surface area contributed by atoms with Crippen LogP contribution in [-0.2, 0) is 6.54 Å². The highest BCUT2D eigenvalue weighted by atomic mass is 35.5. The van der Waals surface area contributed by atoms with Crippen molar-refractivity contribution in [1.29, 1.82) is 0 Å². The van der Waals surface area contributed by atoms with Crippen LogP contribution in [0.1, 0.15) is 5.69 Å². The molecule has 2 N–H and O–H groups in total. The summed E-state index contributed by atoms with van der Waals surface area (Å²) >= 11 is 17.0. The molecule has 2 rings (SSSR count). The molecule has 0 bridgehead atoms. The maximum Gasteiger partial charge on any atom is 0.171 e. The van der Waals surface area contributed by atoms with Crippen LogP contribution in [0.25, 0.3) is 0 Å². The highest BCUT2D eigenvalue weighted by molar-refractivity contribution is 7.80. The maximum atomic E-state index is 5.91. The molecule has 0 fully saturated rings. The number of halogens is 2. The minimum atomic E-state index is 0.490. The predicted octanol–water partition coefficient (Wildman–Crippen LogP) is 3.88. The zero-order valence-corrected chi connectivity index (χ0v) is 12.2. The highest BCUT2D eigenvalue weighted by Crippen LogP contribution is 2.22. The zero-order chi connectivity index (χ0) is 13.7. The van der Waals surface area contributed by atoms with Gasteiger partial charge in [0.2, 0.25) is 0 Å². The minimum absolute atomic E-state index is 0.490. The number of hydrogen-bond donors (Lipinski definition) is 2. The second-order valence-corrected chi connectivity index (χ2v) is 5.07. The highest BCUT2D eigenvalue weighted by Gasteiger charge is 2.01. The molecule has 0 saturated carbocycles. The molecule has 1 heterocycles. The molecule has 0 spiro atoms. The molecule has 1 aromatic carbocycles. The van der Waals surface area contributed by atoms with Crippen LogP contribution in [0.2, 0.25) is 10.0 Å². The summed E-state index contributed by atoms with van der Waals surface area (Å²) in [7, 11) is 0. The molecule has 0 atom stereocenters. The lowest BCUT2D eigenvalue weighted by molar-refractivity contribution is 0.882. The molecule has 3 nitrogen and oxygen atoms in total. The molecule has 0 amide bonds. The van der Waals surface area contributed by atoms with Crippen molar-refractivity contribution < 1.29 is 0 Å². The fourth-order valence-electron chi connectivity index (χ4n) is 1.47. The normalized spacial score (nSPS) is 10.0. The number of thiocarbonyl (C=S) groups is 1. The number of benzene rings is 1. The van der Waals surface area contributed by atoms with Crippen LogP contribution in [-0.4, -0.2) is 10.1 Å². The fraction of sp³-hybridized carbons (Fsp3) is 0.0769. The smallest absolute Gasteiger partial charge is 0.171 e.